The van der Waals surface area contributed by atoms with Gasteiger partial charge < -0.3 is 19.9 Å². The predicted octanol–water partition coefficient (Wildman–Crippen LogP) is 7.35. The number of hydrogen-bond acceptors (Lipinski definition) is 7. The molecular weight excluding hydrogens is 492 g/mol. The number of amides is 1. The lowest BCUT2D eigenvalue weighted by Crippen LogP contribution is -2.10. The van der Waals surface area contributed by atoms with E-state index < -0.39 is 5.91 Å². The van der Waals surface area contributed by atoms with Gasteiger partial charge in [-0.1, -0.05) is 56.9 Å². The van der Waals surface area contributed by atoms with Crippen LogP contribution in [0.2, 0.25) is 0 Å². The molecule has 1 amide bonds. The number of ether oxygens (including phenoxy) is 3. The van der Waals surface area contributed by atoms with Crippen molar-refractivity contribution in [1.29, 1.82) is 0 Å². The second-order valence-electron chi connectivity index (χ2n) is 9.68. The fraction of sp³-hybridized carbons (Fsp3) is 0.290. The van der Waals surface area contributed by atoms with E-state index >= 15 is 0 Å². The number of rotatable bonds is 10. The van der Waals surface area contributed by atoms with Gasteiger partial charge in [0.1, 0.15) is 17.2 Å². The Balaban J connectivity index is 1.37. The Bertz CT molecular complexity index is 1380. The molecule has 1 aromatic heterocycles. The summed E-state index contributed by atoms with van der Waals surface area (Å²) < 4.78 is 17.8. The molecular formula is C31H32N4O4. The van der Waals surface area contributed by atoms with Crippen molar-refractivity contribution in [2.45, 2.75) is 57.8 Å². The van der Waals surface area contributed by atoms with Crippen molar-refractivity contribution >= 4 is 5.91 Å². The van der Waals surface area contributed by atoms with Gasteiger partial charge in [0.25, 0.3) is 0 Å². The van der Waals surface area contributed by atoms with Crippen molar-refractivity contribution in [3.8, 4) is 35.3 Å². The van der Waals surface area contributed by atoms with Gasteiger partial charge in [-0.05, 0) is 84.8 Å². The number of carbonyl (C=O) groups excluding carboxylic acids is 1. The standard InChI is InChI=1S/C31H32N4O4/c1-2-6-21-9-15-25(16-10-21)37-29-33-30(35-31(34-29)39-27-19-13-24(14-20-27)28(32)36)38-26-17-11-23(12-18-26)22-7-4-3-5-8-22/h9-20,22H,2-8H2,1H3,(H2,32,36). The third-order valence-electron chi connectivity index (χ3n) is 6.76. The normalized spacial score (nSPS) is 13.6. The quantitative estimate of drug-likeness (QED) is 0.231. The van der Waals surface area contributed by atoms with E-state index in [1.165, 1.54) is 43.2 Å². The van der Waals surface area contributed by atoms with E-state index in [4.69, 9.17) is 19.9 Å². The van der Waals surface area contributed by atoms with E-state index in [0.29, 0.717) is 28.7 Å². The van der Waals surface area contributed by atoms with E-state index in [1.54, 1.807) is 24.3 Å². The van der Waals surface area contributed by atoms with Gasteiger partial charge in [0.15, 0.2) is 0 Å². The number of nitrogens with zero attached hydrogens (tertiary/aromatic N) is 3. The Morgan fingerprint density at radius 2 is 1.18 bits per heavy atom. The van der Waals surface area contributed by atoms with E-state index in [9.17, 15) is 4.79 Å². The highest BCUT2D eigenvalue weighted by atomic mass is 16.5. The second kappa shape index (κ2) is 12.4. The molecule has 1 fully saturated rings. The lowest BCUT2D eigenvalue weighted by atomic mass is 9.84. The lowest BCUT2D eigenvalue weighted by molar-refractivity contribution is 0.100. The molecule has 0 spiro atoms. The van der Waals surface area contributed by atoms with Crippen LogP contribution < -0.4 is 19.9 Å². The smallest absolute Gasteiger partial charge is 0.331 e. The monoisotopic (exact) mass is 524 g/mol. The maximum Gasteiger partial charge on any atom is 0.331 e. The van der Waals surface area contributed by atoms with E-state index in [-0.39, 0.29) is 18.0 Å². The first-order valence-corrected chi connectivity index (χ1v) is 13.4. The maximum atomic E-state index is 11.4. The second-order valence-corrected chi connectivity index (χ2v) is 9.68. The average Bonchev–Trinajstić information content (AvgIpc) is 2.95. The van der Waals surface area contributed by atoms with Crippen LogP contribution in [0.4, 0.5) is 0 Å². The molecule has 39 heavy (non-hydrogen) atoms. The van der Waals surface area contributed by atoms with Gasteiger partial charge in [0.2, 0.25) is 5.91 Å². The summed E-state index contributed by atoms with van der Waals surface area (Å²) in [4.78, 5) is 24.4. The Morgan fingerprint density at radius 1 is 0.718 bits per heavy atom. The zero-order valence-electron chi connectivity index (χ0n) is 22.0. The molecule has 1 aliphatic carbocycles. The highest BCUT2D eigenvalue weighted by Crippen LogP contribution is 2.34. The van der Waals surface area contributed by atoms with Crippen molar-refractivity contribution in [2.24, 2.45) is 5.73 Å². The highest BCUT2D eigenvalue weighted by Gasteiger charge is 2.17. The van der Waals surface area contributed by atoms with Gasteiger partial charge in [-0.25, -0.2) is 0 Å². The summed E-state index contributed by atoms with van der Waals surface area (Å²) in [6, 6.07) is 22.3. The molecule has 2 N–H and O–H groups in total. The van der Waals surface area contributed by atoms with Crippen LogP contribution in [-0.4, -0.2) is 20.9 Å². The molecule has 5 rings (SSSR count). The molecule has 0 atom stereocenters. The van der Waals surface area contributed by atoms with Gasteiger partial charge in [-0.15, -0.1) is 15.0 Å². The molecule has 4 aromatic rings. The third-order valence-corrected chi connectivity index (χ3v) is 6.76. The number of benzene rings is 3. The van der Waals surface area contributed by atoms with Gasteiger partial charge in [-0.3, -0.25) is 4.79 Å². The number of aromatic nitrogens is 3. The third kappa shape index (κ3) is 7.10. The van der Waals surface area contributed by atoms with Crippen LogP contribution in [0.5, 0.6) is 35.3 Å². The molecule has 0 radical (unpaired) electrons. The molecule has 0 unspecified atom stereocenters. The summed E-state index contributed by atoms with van der Waals surface area (Å²) in [7, 11) is 0. The zero-order valence-corrected chi connectivity index (χ0v) is 22.0. The zero-order chi connectivity index (χ0) is 27.0. The van der Waals surface area contributed by atoms with Crippen LogP contribution in [0.1, 0.15) is 72.9 Å². The minimum absolute atomic E-state index is 0.0109. The Kier molecular flexibility index (Phi) is 8.31. The molecule has 200 valence electrons. The fourth-order valence-electron chi connectivity index (χ4n) is 4.72. The van der Waals surface area contributed by atoms with Gasteiger partial charge in [0, 0.05) is 5.56 Å². The molecule has 8 heteroatoms. The molecule has 0 aliphatic heterocycles. The van der Waals surface area contributed by atoms with E-state index in [2.05, 4.69) is 34.0 Å². The summed E-state index contributed by atoms with van der Waals surface area (Å²) in [5.74, 6) is 1.69. The number of hydrogen-bond donors (Lipinski definition) is 1. The molecule has 3 aromatic carbocycles. The number of carbonyl (C=O) groups is 1. The topological polar surface area (TPSA) is 109 Å². The largest absolute Gasteiger partial charge is 0.424 e. The number of aryl methyl sites for hydroxylation is 1. The Morgan fingerprint density at radius 3 is 1.64 bits per heavy atom. The van der Waals surface area contributed by atoms with Gasteiger partial charge >= 0.3 is 18.0 Å². The Hall–Kier alpha value is -4.46. The summed E-state index contributed by atoms with van der Waals surface area (Å²) >= 11 is 0. The summed E-state index contributed by atoms with van der Waals surface area (Å²) in [6.45, 7) is 2.14. The predicted molar refractivity (Wildman–Crippen MR) is 148 cm³/mol. The van der Waals surface area contributed by atoms with Gasteiger partial charge in [0.05, 0.1) is 0 Å². The highest BCUT2D eigenvalue weighted by molar-refractivity contribution is 5.92. The van der Waals surface area contributed by atoms with Crippen LogP contribution in [0, 0.1) is 0 Å². The molecule has 1 aliphatic rings. The average molecular weight is 525 g/mol. The van der Waals surface area contributed by atoms with Crippen molar-refractivity contribution in [3.63, 3.8) is 0 Å². The van der Waals surface area contributed by atoms with Crippen LogP contribution in [0.3, 0.4) is 0 Å². The van der Waals surface area contributed by atoms with Crippen LogP contribution in [0.15, 0.2) is 72.8 Å². The van der Waals surface area contributed by atoms with Crippen molar-refractivity contribution in [3.05, 3.63) is 89.5 Å². The molecule has 8 nitrogen and oxygen atoms in total. The first kappa shape index (κ1) is 26.2. The number of nitrogens with two attached hydrogens (primary N) is 1. The van der Waals surface area contributed by atoms with Crippen molar-refractivity contribution < 1.29 is 19.0 Å². The van der Waals surface area contributed by atoms with E-state index in [0.717, 1.165) is 12.8 Å². The minimum Gasteiger partial charge on any atom is -0.424 e. The van der Waals surface area contributed by atoms with Crippen LogP contribution >= 0.6 is 0 Å². The summed E-state index contributed by atoms with van der Waals surface area (Å²) in [5, 5.41) is 0. The summed E-state index contributed by atoms with van der Waals surface area (Å²) in [6.07, 6.45) is 8.42. The minimum atomic E-state index is -0.521. The van der Waals surface area contributed by atoms with Crippen molar-refractivity contribution in [1.82, 2.24) is 15.0 Å². The van der Waals surface area contributed by atoms with Crippen LogP contribution in [0.25, 0.3) is 0 Å². The molecule has 0 saturated heterocycles. The van der Waals surface area contributed by atoms with Crippen molar-refractivity contribution in [2.75, 3.05) is 0 Å². The fourth-order valence-corrected chi connectivity index (χ4v) is 4.72. The van der Waals surface area contributed by atoms with Gasteiger partial charge in [-0.2, -0.15) is 0 Å². The SMILES string of the molecule is CCCc1ccc(Oc2nc(Oc3ccc(C(N)=O)cc3)nc(Oc3ccc(C4CCCCC4)cc3)n2)cc1. The first-order valence-electron chi connectivity index (χ1n) is 13.4. The Labute approximate surface area is 228 Å². The summed E-state index contributed by atoms with van der Waals surface area (Å²) in [5.41, 5.74) is 8.26. The molecule has 1 heterocycles. The number of primary amides is 1. The first-order chi connectivity index (χ1) is 19.1. The maximum absolute atomic E-state index is 11.4. The molecule has 1 saturated carbocycles. The van der Waals surface area contributed by atoms with E-state index in [1.807, 2.05) is 36.4 Å². The molecule has 0 bridgehead atoms. The van der Waals surface area contributed by atoms with Crippen LogP contribution in [-0.2, 0) is 6.42 Å². The lowest BCUT2D eigenvalue weighted by Gasteiger charge is -2.22.